The zero-order chi connectivity index (χ0) is 20.4. The predicted octanol–water partition coefficient (Wildman–Crippen LogP) is 3.78. The number of Topliss-reactive ketones (excluding diaryl/α,β-unsaturated/α-hetero) is 1. The molecular weight excluding hydrogens is 388 g/mol. The number of nitrogens with one attached hydrogen (secondary N) is 1. The van der Waals surface area contributed by atoms with Gasteiger partial charge in [0.2, 0.25) is 11.1 Å². The summed E-state index contributed by atoms with van der Waals surface area (Å²) < 4.78 is 1.86. The van der Waals surface area contributed by atoms with Crippen LogP contribution in [0.4, 0.5) is 5.69 Å². The molecule has 1 aromatic heterocycles. The lowest BCUT2D eigenvalue weighted by molar-refractivity contribution is -0.114. The largest absolute Gasteiger partial charge is 0.506 e. The third-order valence-electron chi connectivity index (χ3n) is 4.52. The lowest BCUT2D eigenvalue weighted by Gasteiger charge is -2.07. The van der Waals surface area contributed by atoms with Crippen LogP contribution in [0.2, 0.25) is 0 Å². The highest BCUT2D eigenvalue weighted by Gasteiger charge is 2.30. The molecule has 0 atom stereocenters. The second-order valence-electron chi connectivity index (χ2n) is 6.90. The maximum absolute atomic E-state index is 12.6. The lowest BCUT2D eigenvalue weighted by Crippen LogP contribution is -2.08. The van der Waals surface area contributed by atoms with Gasteiger partial charge in [0.15, 0.2) is 5.78 Å². The summed E-state index contributed by atoms with van der Waals surface area (Å²) in [6, 6.07) is 14.3. The minimum Gasteiger partial charge on any atom is -0.506 e. The van der Waals surface area contributed by atoms with Gasteiger partial charge in [0.25, 0.3) is 0 Å². The van der Waals surface area contributed by atoms with Crippen molar-refractivity contribution in [3.8, 4) is 11.4 Å². The van der Waals surface area contributed by atoms with Gasteiger partial charge < -0.3 is 10.4 Å². The molecule has 4 rings (SSSR count). The van der Waals surface area contributed by atoms with Gasteiger partial charge in [-0.3, -0.25) is 9.59 Å². The van der Waals surface area contributed by atoms with Gasteiger partial charge >= 0.3 is 0 Å². The SMILES string of the molecule is CC(=O)Nc1cc(C(=O)CSc2nc(C3CC3)n(-c3ccccc3)n2)ccc1O. The van der Waals surface area contributed by atoms with E-state index in [1.807, 2.05) is 35.0 Å². The number of para-hydroxylation sites is 1. The molecule has 1 saturated carbocycles. The van der Waals surface area contributed by atoms with Gasteiger partial charge in [-0.1, -0.05) is 30.0 Å². The van der Waals surface area contributed by atoms with Gasteiger partial charge in [-0.15, -0.1) is 5.10 Å². The number of carbonyl (C=O) groups excluding carboxylic acids is 2. The zero-order valence-electron chi connectivity index (χ0n) is 15.8. The molecule has 7 nitrogen and oxygen atoms in total. The summed E-state index contributed by atoms with van der Waals surface area (Å²) in [6.45, 7) is 1.34. The van der Waals surface area contributed by atoms with Crippen molar-refractivity contribution in [2.45, 2.75) is 30.8 Å². The molecule has 1 aliphatic carbocycles. The summed E-state index contributed by atoms with van der Waals surface area (Å²) in [5.74, 6) is 0.983. The number of nitrogens with zero attached hydrogens (tertiary/aromatic N) is 3. The second kappa shape index (κ2) is 8.08. The van der Waals surface area contributed by atoms with Crippen LogP contribution in [0.5, 0.6) is 5.75 Å². The molecule has 1 fully saturated rings. The Hall–Kier alpha value is -3.13. The van der Waals surface area contributed by atoms with Crippen LogP contribution in [0.25, 0.3) is 5.69 Å². The van der Waals surface area contributed by atoms with Crippen molar-refractivity contribution < 1.29 is 14.7 Å². The highest BCUT2D eigenvalue weighted by molar-refractivity contribution is 7.99. The van der Waals surface area contributed by atoms with E-state index in [-0.39, 0.29) is 28.9 Å². The van der Waals surface area contributed by atoms with Crippen LogP contribution in [0.15, 0.2) is 53.7 Å². The number of ketones is 1. The maximum Gasteiger partial charge on any atom is 0.221 e. The summed E-state index contributed by atoms with van der Waals surface area (Å²) in [7, 11) is 0. The van der Waals surface area contributed by atoms with Crippen molar-refractivity contribution in [2.24, 2.45) is 0 Å². The van der Waals surface area contributed by atoms with Crippen molar-refractivity contribution in [2.75, 3.05) is 11.1 Å². The van der Waals surface area contributed by atoms with E-state index in [9.17, 15) is 14.7 Å². The van der Waals surface area contributed by atoms with E-state index in [1.165, 1.54) is 36.9 Å². The van der Waals surface area contributed by atoms with Crippen molar-refractivity contribution in [3.63, 3.8) is 0 Å². The molecule has 29 heavy (non-hydrogen) atoms. The van der Waals surface area contributed by atoms with Gasteiger partial charge in [0.1, 0.15) is 11.6 Å². The first-order chi connectivity index (χ1) is 14.0. The number of anilines is 1. The quantitative estimate of drug-likeness (QED) is 0.351. The topological polar surface area (TPSA) is 97.1 Å². The zero-order valence-corrected chi connectivity index (χ0v) is 16.6. The molecule has 2 N–H and O–H groups in total. The van der Waals surface area contributed by atoms with E-state index in [0.29, 0.717) is 16.6 Å². The number of aromatic hydroxyl groups is 1. The number of aromatic nitrogens is 3. The van der Waals surface area contributed by atoms with Gasteiger partial charge in [-0.05, 0) is 43.2 Å². The number of amides is 1. The van der Waals surface area contributed by atoms with Crippen LogP contribution < -0.4 is 5.32 Å². The van der Waals surface area contributed by atoms with Crippen molar-refractivity contribution in [1.29, 1.82) is 0 Å². The third kappa shape index (κ3) is 4.48. The van der Waals surface area contributed by atoms with Crippen molar-refractivity contribution >= 4 is 29.1 Å². The van der Waals surface area contributed by atoms with Gasteiger partial charge in [-0.2, -0.15) is 0 Å². The van der Waals surface area contributed by atoms with Crippen LogP contribution in [-0.4, -0.2) is 37.3 Å². The smallest absolute Gasteiger partial charge is 0.221 e. The molecule has 1 heterocycles. The van der Waals surface area contributed by atoms with Crippen LogP contribution in [0.3, 0.4) is 0 Å². The Morgan fingerprint density at radius 2 is 1.97 bits per heavy atom. The standard InChI is InChI=1S/C21H20N4O3S/c1-13(26)22-17-11-15(9-10-18(17)27)19(28)12-29-21-23-20(14-7-8-14)25(24-21)16-5-3-2-4-6-16/h2-6,9-11,14,27H,7-8,12H2,1H3,(H,22,26). The van der Waals surface area contributed by atoms with E-state index in [4.69, 9.17) is 0 Å². The van der Waals surface area contributed by atoms with Crippen molar-refractivity contribution in [1.82, 2.24) is 14.8 Å². The van der Waals surface area contributed by atoms with E-state index in [0.717, 1.165) is 24.4 Å². The third-order valence-corrected chi connectivity index (χ3v) is 5.36. The van der Waals surface area contributed by atoms with E-state index in [2.05, 4.69) is 15.4 Å². The van der Waals surface area contributed by atoms with Crippen LogP contribution in [-0.2, 0) is 4.79 Å². The van der Waals surface area contributed by atoms with E-state index < -0.39 is 0 Å². The number of benzene rings is 2. The Balaban J connectivity index is 1.49. The normalized spacial score (nSPS) is 13.3. The Morgan fingerprint density at radius 1 is 1.21 bits per heavy atom. The molecule has 0 unspecified atom stereocenters. The minimum absolute atomic E-state index is 0.0817. The van der Waals surface area contributed by atoms with Gasteiger partial charge in [0.05, 0.1) is 17.1 Å². The number of hydrogen-bond acceptors (Lipinski definition) is 6. The summed E-state index contributed by atoms with van der Waals surface area (Å²) in [5.41, 5.74) is 1.58. The number of hydrogen-bond donors (Lipinski definition) is 2. The van der Waals surface area contributed by atoms with Gasteiger partial charge in [-0.25, -0.2) is 9.67 Å². The number of carbonyl (C=O) groups is 2. The Morgan fingerprint density at radius 3 is 2.66 bits per heavy atom. The molecule has 3 aromatic rings. The summed E-state index contributed by atoms with van der Waals surface area (Å²) in [6.07, 6.45) is 2.21. The molecule has 8 heteroatoms. The lowest BCUT2D eigenvalue weighted by atomic mass is 10.1. The summed E-state index contributed by atoms with van der Waals surface area (Å²) in [4.78, 5) is 28.5. The number of phenolic OH excluding ortho intramolecular Hbond substituents is 1. The molecule has 1 amide bonds. The van der Waals surface area contributed by atoms with Crippen LogP contribution in [0, 0.1) is 0 Å². The molecule has 148 valence electrons. The monoisotopic (exact) mass is 408 g/mol. The van der Waals surface area contributed by atoms with Crippen LogP contribution in [0.1, 0.15) is 41.9 Å². The summed E-state index contributed by atoms with van der Waals surface area (Å²) in [5, 5.41) is 17.5. The number of thioether (sulfide) groups is 1. The molecule has 2 aromatic carbocycles. The molecule has 0 bridgehead atoms. The number of phenols is 1. The Bertz CT molecular complexity index is 1060. The molecule has 0 saturated heterocycles. The first-order valence-corrected chi connectivity index (χ1v) is 10.3. The fourth-order valence-electron chi connectivity index (χ4n) is 2.94. The fraction of sp³-hybridized carbons (Fsp3) is 0.238. The highest BCUT2D eigenvalue weighted by Crippen LogP contribution is 2.40. The minimum atomic E-state index is -0.317. The second-order valence-corrected chi connectivity index (χ2v) is 7.84. The molecule has 0 radical (unpaired) electrons. The van der Waals surface area contributed by atoms with E-state index >= 15 is 0 Å². The average Bonchev–Trinajstić information content (AvgIpc) is 3.47. The fourth-order valence-corrected chi connectivity index (χ4v) is 3.67. The number of rotatable bonds is 7. The summed E-state index contributed by atoms with van der Waals surface area (Å²) >= 11 is 1.28. The van der Waals surface area contributed by atoms with Crippen LogP contribution >= 0.6 is 11.8 Å². The highest BCUT2D eigenvalue weighted by atomic mass is 32.2. The van der Waals surface area contributed by atoms with Crippen molar-refractivity contribution in [3.05, 3.63) is 59.9 Å². The molecule has 0 aliphatic heterocycles. The Labute approximate surface area is 172 Å². The predicted molar refractivity (Wildman–Crippen MR) is 111 cm³/mol. The molecule has 0 spiro atoms. The molecular formula is C21H20N4O3S. The average molecular weight is 408 g/mol. The maximum atomic E-state index is 12.6. The Kier molecular flexibility index (Phi) is 5.35. The first kappa shape index (κ1) is 19.2. The molecule has 1 aliphatic rings. The van der Waals surface area contributed by atoms with E-state index in [1.54, 1.807) is 0 Å². The first-order valence-electron chi connectivity index (χ1n) is 9.30. The van der Waals surface area contributed by atoms with Gasteiger partial charge in [0, 0.05) is 18.4 Å².